The first kappa shape index (κ1) is 15.1. The predicted octanol–water partition coefficient (Wildman–Crippen LogP) is 1.99. The van der Waals surface area contributed by atoms with Crippen LogP contribution in [0.5, 0.6) is 5.75 Å². The molecule has 2 aromatic rings. The predicted molar refractivity (Wildman–Crippen MR) is 84.4 cm³/mol. The molecule has 1 aromatic heterocycles. The Hall–Kier alpha value is -2.41. The minimum Gasteiger partial charge on any atom is -0.488 e. The number of fused-ring (bicyclic) bond motifs is 3. The third kappa shape index (κ3) is 2.75. The Morgan fingerprint density at radius 3 is 3.12 bits per heavy atom. The van der Waals surface area contributed by atoms with Gasteiger partial charge in [0.1, 0.15) is 6.61 Å². The molecule has 3 heterocycles. The van der Waals surface area contributed by atoms with Crippen LogP contribution in [-0.2, 0) is 11.3 Å². The van der Waals surface area contributed by atoms with E-state index >= 15 is 0 Å². The summed E-state index contributed by atoms with van der Waals surface area (Å²) in [6.45, 7) is 2.17. The molecule has 0 saturated carbocycles. The van der Waals surface area contributed by atoms with E-state index in [-0.39, 0.29) is 23.3 Å². The lowest BCUT2D eigenvalue weighted by Crippen LogP contribution is -2.40. The Kier molecular flexibility index (Phi) is 3.93. The van der Waals surface area contributed by atoms with Gasteiger partial charge in [0, 0.05) is 17.7 Å². The zero-order chi connectivity index (χ0) is 16.5. The maximum Gasteiger partial charge on any atom is 0.251 e. The number of rotatable bonds is 2. The lowest BCUT2D eigenvalue weighted by atomic mass is 10.0. The van der Waals surface area contributed by atoms with E-state index in [4.69, 9.17) is 9.47 Å². The number of carbonyl (C=O) groups is 1. The van der Waals surface area contributed by atoms with Gasteiger partial charge in [-0.1, -0.05) is 0 Å². The van der Waals surface area contributed by atoms with Crippen LogP contribution < -0.4 is 10.1 Å². The highest BCUT2D eigenvalue weighted by atomic mass is 19.1. The maximum atomic E-state index is 14.5. The molecular formula is C17H18FN3O3. The van der Waals surface area contributed by atoms with Crippen LogP contribution in [0.3, 0.4) is 0 Å². The van der Waals surface area contributed by atoms with E-state index in [9.17, 15) is 9.18 Å². The molecule has 4 rings (SSSR count). The number of halogens is 1. The molecule has 2 aliphatic rings. The first-order chi connectivity index (χ1) is 11.7. The Morgan fingerprint density at radius 1 is 1.38 bits per heavy atom. The molecule has 1 saturated heterocycles. The topological polar surface area (TPSA) is 65.4 Å². The van der Waals surface area contributed by atoms with Crippen LogP contribution in [0.2, 0.25) is 0 Å². The highest BCUT2D eigenvalue weighted by molar-refractivity contribution is 5.96. The third-order valence-electron chi connectivity index (χ3n) is 4.37. The molecule has 0 spiro atoms. The summed E-state index contributed by atoms with van der Waals surface area (Å²) in [6, 6.07) is 2.86. The largest absolute Gasteiger partial charge is 0.488 e. The zero-order valence-electron chi connectivity index (χ0n) is 13.1. The molecule has 0 bridgehead atoms. The van der Waals surface area contributed by atoms with E-state index in [2.05, 4.69) is 10.3 Å². The number of benzene rings is 1. The number of imidazole rings is 1. The molecule has 0 unspecified atom stereocenters. The van der Waals surface area contributed by atoms with Crippen LogP contribution >= 0.6 is 0 Å². The molecule has 1 aromatic carbocycles. The fraction of sp³-hybridized carbons (Fsp3) is 0.412. The first-order valence-corrected chi connectivity index (χ1v) is 8.08. The monoisotopic (exact) mass is 331 g/mol. The van der Waals surface area contributed by atoms with Crippen molar-refractivity contribution < 1.29 is 18.7 Å². The van der Waals surface area contributed by atoms with Gasteiger partial charge in [0.25, 0.3) is 5.91 Å². The lowest BCUT2D eigenvalue weighted by molar-refractivity contribution is 0.0624. The molecule has 1 fully saturated rings. The van der Waals surface area contributed by atoms with Gasteiger partial charge in [-0.3, -0.25) is 4.79 Å². The van der Waals surface area contributed by atoms with Crippen molar-refractivity contribution in [3.63, 3.8) is 0 Å². The lowest BCUT2D eigenvalue weighted by Gasteiger charge is -2.23. The van der Waals surface area contributed by atoms with Gasteiger partial charge >= 0.3 is 0 Å². The van der Waals surface area contributed by atoms with Gasteiger partial charge in [0.05, 0.1) is 37.4 Å². The van der Waals surface area contributed by atoms with Gasteiger partial charge in [-0.2, -0.15) is 0 Å². The second-order valence-electron chi connectivity index (χ2n) is 6.04. The Bertz CT molecular complexity index is 768. The Balaban J connectivity index is 1.67. The van der Waals surface area contributed by atoms with E-state index in [1.54, 1.807) is 18.6 Å². The van der Waals surface area contributed by atoms with Gasteiger partial charge in [-0.25, -0.2) is 9.37 Å². The van der Waals surface area contributed by atoms with Crippen molar-refractivity contribution in [1.82, 2.24) is 14.9 Å². The van der Waals surface area contributed by atoms with Crippen molar-refractivity contribution in [2.45, 2.75) is 25.4 Å². The van der Waals surface area contributed by atoms with E-state index in [0.29, 0.717) is 25.3 Å². The van der Waals surface area contributed by atoms with Crippen LogP contribution in [0, 0.1) is 5.82 Å². The first-order valence-electron chi connectivity index (χ1n) is 8.08. The second-order valence-corrected chi connectivity index (χ2v) is 6.04. The quantitative estimate of drug-likeness (QED) is 0.914. The third-order valence-corrected chi connectivity index (χ3v) is 4.37. The number of hydrogen-bond donors (Lipinski definition) is 1. The van der Waals surface area contributed by atoms with Crippen LogP contribution in [0.25, 0.3) is 11.3 Å². The van der Waals surface area contributed by atoms with Crippen LogP contribution in [-0.4, -0.2) is 41.3 Å². The van der Waals surface area contributed by atoms with Crippen molar-refractivity contribution in [2.24, 2.45) is 0 Å². The summed E-state index contributed by atoms with van der Waals surface area (Å²) >= 11 is 0. The van der Waals surface area contributed by atoms with Crippen LogP contribution in [0.4, 0.5) is 4.39 Å². The average Bonchev–Trinajstić information content (AvgIpc) is 2.98. The highest BCUT2D eigenvalue weighted by Crippen LogP contribution is 2.35. The molecular weight excluding hydrogens is 313 g/mol. The molecule has 24 heavy (non-hydrogen) atoms. The fourth-order valence-corrected chi connectivity index (χ4v) is 3.15. The minimum absolute atomic E-state index is 0.0325. The number of amides is 1. The number of carbonyl (C=O) groups excluding carboxylic acids is 1. The summed E-state index contributed by atoms with van der Waals surface area (Å²) in [7, 11) is 0. The van der Waals surface area contributed by atoms with Gasteiger partial charge in [0.2, 0.25) is 0 Å². The number of ether oxygens (including phenoxy) is 2. The standard InChI is InChI=1S/C17H18FN3O3/c18-14-7-11(17(22)20-12-2-1-4-23-9-12)6-13-15-8-19-10-21(15)3-5-24-16(13)14/h6-8,10,12H,1-5,9H2,(H,20,22)/t12-/m1/s1. The minimum atomic E-state index is -0.535. The van der Waals surface area contributed by atoms with E-state index in [0.717, 1.165) is 25.1 Å². The van der Waals surface area contributed by atoms with Crippen molar-refractivity contribution in [3.8, 4) is 17.0 Å². The fourth-order valence-electron chi connectivity index (χ4n) is 3.15. The number of aromatic nitrogens is 2. The molecule has 7 heteroatoms. The van der Waals surface area contributed by atoms with Crippen molar-refractivity contribution >= 4 is 5.91 Å². The van der Waals surface area contributed by atoms with E-state index in [1.807, 2.05) is 4.57 Å². The SMILES string of the molecule is O=C(N[C@@H]1CCCOC1)c1cc(F)c2c(c1)-c1cncn1CCO2. The van der Waals surface area contributed by atoms with E-state index in [1.165, 1.54) is 6.07 Å². The molecule has 0 aliphatic carbocycles. The molecule has 2 aliphatic heterocycles. The van der Waals surface area contributed by atoms with Crippen LogP contribution in [0.1, 0.15) is 23.2 Å². The molecule has 6 nitrogen and oxygen atoms in total. The summed E-state index contributed by atoms with van der Waals surface area (Å²) < 4.78 is 27.3. The molecule has 126 valence electrons. The van der Waals surface area contributed by atoms with Gasteiger partial charge in [-0.05, 0) is 25.0 Å². The number of nitrogens with zero attached hydrogens (tertiary/aromatic N) is 2. The highest BCUT2D eigenvalue weighted by Gasteiger charge is 2.23. The molecule has 1 atom stereocenters. The van der Waals surface area contributed by atoms with Crippen molar-refractivity contribution in [3.05, 3.63) is 36.0 Å². The second kappa shape index (κ2) is 6.24. The zero-order valence-corrected chi connectivity index (χ0v) is 13.1. The van der Waals surface area contributed by atoms with Crippen molar-refractivity contribution in [2.75, 3.05) is 19.8 Å². The summed E-state index contributed by atoms with van der Waals surface area (Å²) in [6.07, 6.45) is 5.12. The maximum absolute atomic E-state index is 14.5. The summed E-state index contributed by atoms with van der Waals surface area (Å²) in [4.78, 5) is 16.6. The molecule has 1 N–H and O–H groups in total. The molecule has 1 amide bonds. The Morgan fingerprint density at radius 2 is 2.29 bits per heavy atom. The van der Waals surface area contributed by atoms with E-state index < -0.39 is 5.82 Å². The summed E-state index contributed by atoms with van der Waals surface area (Å²) in [5.74, 6) is -0.665. The average molecular weight is 331 g/mol. The smallest absolute Gasteiger partial charge is 0.251 e. The number of nitrogens with one attached hydrogen (secondary N) is 1. The summed E-state index contributed by atoms with van der Waals surface area (Å²) in [5, 5.41) is 2.91. The van der Waals surface area contributed by atoms with Crippen molar-refractivity contribution in [1.29, 1.82) is 0 Å². The number of hydrogen-bond acceptors (Lipinski definition) is 4. The van der Waals surface area contributed by atoms with Gasteiger partial charge in [0.15, 0.2) is 11.6 Å². The van der Waals surface area contributed by atoms with Gasteiger partial charge < -0.3 is 19.4 Å². The summed E-state index contributed by atoms with van der Waals surface area (Å²) in [5.41, 5.74) is 1.57. The van der Waals surface area contributed by atoms with Crippen LogP contribution in [0.15, 0.2) is 24.7 Å². The Labute approximate surface area is 138 Å². The molecule has 0 radical (unpaired) electrons. The van der Waals surface area contributed by atoms with Gasteiger partial charge in [-0.15, -0.1) is 0 Å². The normalized spacial score (nSPS) is 19.6.